The number of carbonyl (C=O) groups excluding carboxylic acids is 1. The van der Waals surface area contributed by atoms with Gasteiger partial charge in [-0.05, 0) is 37.8 Å². The Kier molecular flexibility index (Phi) is 5.59. The highest BCUT2D eigenvalue weighted by molar-refractivity contribution is 7.89. The molecule has 2 saturated heterocycles. The van der Waals surface area contributed by atoms with Crippen molar-refractivity contribution in [2.75, 3.05) is 19.6 Å². The molecule has 0 radical (unpaired) electrons. The Labute approximate surface area is 178 Å². The Bertz CT molecular complexity index is 1040. The first-order valence-corrected chi connectivity index (χ1v) is 12.2. The Balaban J connectivity index is 1.58. The Morgan fingerprint density at radius 1 is 1.23 bits per heavy atom. The van der Waals surface area contributed by atoms with Gasteiger partial charge in [-0.2, -0.15) is 4.31 Å². The van der Waals surface area contributed by atoms with E-state index in [-0.39, 0.29) is 16.8 Å². The minimum Gasteiger partial charge on any atom is -0.323 e. The van der Waals surface area contributed by atoms with Crippen LogP contribution in [0.5, 0.6) is 0 Å². The monoisotopic (exact) mass is 430 g/mol. The quantitative estimate of drug-likeness (QED) is 0.788. The molecular weight excluding hydrogens is 400 g/mol. The summed E-state index contributed by atoms with van der Waals surface area (Å²) in [6.07, 6.45) is 3.78. The van der Waals surface area contributed by atoms with Gasteiger partial charge in [-0.25, -0.2) is 8.42 Å². The highest BCUT2D eigenvalue weighted by atomic mass is 32.2. The smallest absolute Gasteiger partial charge is 0.245 e. The van der Waals surface area contributed by atoms with E-state index in [0.717, 1.165) is 11.8 Å². The van der Waals surface area contributed by atoms with Crippen molar-refractivity contribution >= 4 is 26.8 Å². The molecule has 2 aromatic rings. The van der Waals surface area contributed by atoms with Gasteiger partial charge in [-0.15, -0.1) is 0 Å². The Morgan fingerprint density at radius 3 is 2.63 bits per heavy atom. The van der Waals surface area contributed by atoms with Crippen LogP contribution in [-0.4, -0.2) is 59.9 Å². The maximum Gasteiger partial charge on any atom is 0.245 e. The molecule has 30 heavy (non-hydrogen) atoms. The summed E-state index contributed by atoms with van der Waals surface area (Å²) in [5.41, 5.74) is 0.0460. The number of hydrogen-bond donors (Lipinski definition) is 1. The van der Waals surface area contributed by atoms with E-state index in [1.807, 2.05) is 24.0 Å². The number of fused-ring (bicyclic) bond motifs is 1. The first-order chi connectivity index (χ1) is 14.3. The van der Waals surface area contributed by atoms with Gasteiger partial charge in [0.25, 0.3) is 0 Å². The number of hydrogen-bond acceptors (Lipinski definition) is 5. The molecule has 1 aromatic heterocycles. The van der Waals surface area contributed by atoms with Gasteiger partial charge >= 0.3 is 0 Å². The van der Waals surface area contributed by atoms with Crippen molar-refractivity contribution in [2.24, 2.45) is 5.92 Å². The summed E-state index contributed by atoms with van der Waals surface area (Å²) < 4.78 is 28.4. The molecule has 1 aromatic carbocycles. The molecule has 1 spiro atoms. The van der Waals surface area contributed by atoms with Gasteiger partial charge in [-0.3, -0.25) is 15.1 Å². The molecule has 1 amide bonds. The molecule has 0 unspecified atom stereocenters. The standard InChI is InChI=1S/C22H30N4O3S/c1-4-16(2)15-26-21(27)17(3)24-22(26)10-13-25(14-11-22)30(28,29)19-9-5-7-18-8-6-12-23-20(18)19/h5-9,12,16-17,24H,4,10-11,13-15H2,1-3H3/t16-,17+/m0/s1. The fourth-order valence-electron chi connectivity index (χ4n) is 4.63. The van der Waals surface area contributed by atoms with Crippen LogP contribution in [0, 0.1) is 5.92 Å². The lowest BCUT2D eigenvalue weighted by Crippen LogP contribution is -2.60. The number of pyridine rings is 1. The van der Waals surface area contributed by atoms with Crippen molar-refractivity contribution < 1.29 is 13.2 Å². The summed E-state index contributed by atoms with van der Waals surface area (Å²) in [5, 5.41) is 4.29. The second kappa shape index (κ2) is 7.90. The SMILES string of the molecule is CC[C@H](C)CN1C(=O)[C@@H](C)NC12CCN(S(=O)(=O)c1cccc3cccnc13)CC2. The molecule has 3 heterocycles. The van der Waals surface area contributed by atoms with Gasteiger partial charge in [0, 0.05) is 31.2 Å². The summed E-state index contributed by atoms with van der Waals surface area (Å²) in [7, 11) is -3.67. The molecule has 0 bridgehead atoms. The largest absolute Gasteiger partial charge is 0.323 e. The van der Waals surface area contributed by atoms with Gasteiger partial charge in [0.05, 0.1) is 17.2 Å². The third-order valence-corrected chi connectivity index (χ3v) is 8.52. The zero-order chi connectivity index (χ0) is 21.5. The van der Waals surface area contributed by atoms with E-state index in [1.54, 1.807) is 24.4 Å². The van der Waals surface area contributed by atoms with Crippen molar-refractivity contribution in [3.05, 3.63) is 36.5 Å². The number of piperidine rings is 1. The van der Waals surface area contributed by atoms with Crippen LogP contribution >= 0.6 is 0 Å². The fraction of sp³-hybridized carbons (Fsp3) is 0.545. The number of nitrogens with one attached hydrogen (secondary N) is 1. The van der Waals surface area contributed by atoms with E-state index in [9.17, 15) is 13.2 Å². The van der Waals surface area contributed by atoms with Gasteiger partial charge in [-0.1, -0.05) is 38.5 Å². The number of benzene rings is 1. The van der Waals surface area contributed by atoms with Crippen molar-refractivity contribution in [3.8, 4) is 0 Å². The van der Waals surface area contributed by atoms with Crippen molar-refractivity contribution in [1.29, 1.82) is 0 Å². The van der Waals surface area contributed by atoms with Crippen molar-refractivity contribution in [3.63, 3.8) is 0 Å². The molecule has 0 saturated carbocycles. The van der Waals surface area contributed by atoms with Crippen molar-refractivity contribution in [1.82, 2.24) is 19.5 Å². The third-order valence-electron chi connectivity index (χ3n) is 6.59. The summed E-state index contributed by atoms with van der Waals surface area (Å²) in [6, 6.07) is 8.70. The molecule has 7 nitrogen and oxygen atoms in total. The van der Waals surface area contributed by atoms with Crippen LogP contribution in [0.4, 0.5) is 0 Å². The molecule has 2 aliphatic heterocycles. The second-order valence-corrected chi connectivity index (χ2v) is 10.5. The summed E-state index contributed by atoms with van der Waals surface area (Å²) >= 11 is 0. The van der Waals surface area contributed by atoms with Crippen molar-refractivity contribution in [2.45, 2.75) is 56.6 Å². The van der Waals surface area contributed by atoms with Crippen LogP contribution in [0.15, 0.2) is 41.4 Å². The fourth-order valence-corrected chi connectivity index (χ4v) is 6.23. The predicted molar refractivity (Wildman–Crippen MR) is 116 cm³/mol. The van der Waals surface area contributed by atoms with Crippen LogP contribution in [-0.2, 0) is 14.8 Å². The maximum absolute atomic E-state index is 13.4. The molecular formula is C22H30N4O3S. The lowest BCUT2D eigenvalue weighted by Gasteiger charge is -2.45. The summed E-state index contributed by atoms with van der Waals surface area (Å²) in [4.78, 5) is 19.3. The van der Waals surface area contributed by atoms with Crippen LogP contribution < -0.4 is 5.32 Å². The number of para-hydroxylation sites is 1. The molecule has 2 aliphatic rings. The van der Waals surface area contributed by atoms with E-state index >= 15 is 0 Å². The maximum atomic E-state index is 13.4. The molecule has 4 rings (SSSR count). The van der Waals surface area contributed by atoms with E-state index in [1.165, 1.54) is 4.31 Å². The molecule has 0 aliphatic carbocycles. The van der Waals surface area contributed by atoms with Crippen LogP contribution in [0.25, 0.3) is 10.9 Å². The van der Waals surface area contributed by atoms with Gasteiger partial charge < -0.3 is 4.90 Å². The van der Waals surface area contributed by atoms with E-state index in [4.69, 9.17) is 0 Å². The number of carbonyl (C=O) groups is 1. The number of nitrogens with zero attached hydrogens (tertiary/aromatic N) is 3. The number of rotatable bonds is 5. The average molecular weight is 431 g/mol. The average Bonchev–Trinajstić information content (AvgIpc) is 2.97. The Morgan fingerprint density at radius 2 is 1.93 bits per heavy atom. The molecule has 1 N–H and O–H groups in total. The summed E-state index contributed by atoms with van der Waals surface area (Å²) in [5.74, 6) is 0.520. The zero-order valence-electron chi connectivity index (χ0n) is 17.8. The van der Waals surface area contributed by atoms with Crippen LogP contribution in [0.1, 0.15) is 40.0 Å². The molecule has 2 atom stereocenters. The van der Waals surface area contributed by atoms with E-state index < -0.39 is 15.7 Å². The first kappa shape index (κ1) is 21.2. The minimum absolute atomic E-state index is 0.116. The van der Waals surface area contributed by atoms with Gasteiger partial charge in [0.1, 0.15) is 4.90 Å². The van der Waals surface area contributed by atoms with E-state index in [0.29, 0.717) is 43.9 Å². The van der Waals surface area contributed by atoms with Crippen LogP contribution in [0.3, 0.4) is 0 Å². The van der Waals surface area contributed by atoms with Gasteiger partial charge in [0.2, 0.25) is 15.9 Å². The zero-order valence-corrected chi connectivity index (χ0v) is 18.7. The number of aromatic nitrogens is 1. The van der Waals surface area contributed by atoms with Gasteiger partial charge in [0.15, 0.2) is 0 Å². The topological polar surface area (TPSA) is 82.6 Å². The highest BCUT2D eigenvalue weighted by Gasteiger charge is 2.51. The van der Waals surface area contributed by atoms with Crippen LogP contribution in [0.2, 0.25) is 0 Å². The number of amides is 1. The lowest BCUT2D eigenvalue weighted by molar-refractivity contribution is -0.133. The first-order valence-electron chi connectivity index (χ1n) is 10.7. The van der Waals surface area contributed by atoms with E-state index in [2.05, 4.69) is 24.1 Å². The molecule has 2 fully saturated rings. The summed E-state index contributed by atoms with van der Waals surface area (Å²) in [6.45, 7) is 7.61. The molecule has 162 valence electrons. The normalized spacial score (nSPS) is 23.4. The second-order valence-electron chi connectivity index (χ2n) is 8.60. The minimum atomic E-state index is -3.67. The Hall–Kier alpha value is -2.03. The third kappa shape index (κ3) is 3.50. The predicted octanol–water partition coefficient (Wildman–Crippen LogP) is 2.58. The number of sulfonamides is 1. The highest BCUT2D eigenvalue weighted by Crippen LogP contribution is 2.35. The molecule has 8 heteroatoms. The lowest BCUT2D eigenvalue weighted by atomic mass is 9.95.